The van der Waals surface area contributed by atoms with E-state index in [-0.39, 0.29) is 0 Å². The third kappa shape index (κ3) is 6.75. The minimum atomic E-state index is -0.995. The van der Waals surface area contributed by atoms with Crippen LogP contribution in [0.2, 0.25) is 0 Å². The number of amides is 1. The lowest BCUT2D eigenvalue weighted by molar-refractivity contribution is 0.195. The maximum atomic E-state index is 9.87. The van der Waals surface area contributed by atoms with Gasteiger partial charge < -0.3 is 10.4 Å². The van der Waals surface area contributed by atoms with Crippen LogP contribution < -0.4 is 5.32 Å². The van der Waals surface area contributed by atoms with Crippen molar-refractivity contribution in [2.24, 2.45) is 0 Å². The fourth-order valence-corrected chi connectivity index (χ4v) is 0.404. The van der Waals surface area contributed by atoms with Gasteiger partial charge in [-0.2, -0.15) is 0 Å². The van der Waals surface area contributed by atoms with Crippen LogP contribution in [0.15, 0.2) is 24.3 Å². The molecule has 2 N–H and O–H groups in total. The number of hydrogen-bond acceptors (Lipinski definition) is 1. The third-order valence-electron chi connectivity index (χ3n) is 0.811. The van der Waals surface area contributed by atoms with Crippen LogP contribution in [0.1, 0.15) is 6.92 Å². The molecule has 56 valence electrons. The molecule has 3 nitrogen and oxygen atoms in total. The summed E-state index contributed by atoms with van der Waals surface area (Å²) in [4.78, 5) is 9.87. The Labute approximate surface area is 60.1 Å². The van der Waals surface area contributed by atoms with Crippen molar-refractivity contribution in [2.45, 2.75) is 6.92 Å². The van der Waals surface area contributed by atoms with Crippen LogP contribution in [-0.2, 0) is 0 Å². The molecule has 0 rings (SSSR count). The van der Waals surface area contributed by atoms with Gasteiger partial charge in [-0.15, -0.1) is 0 Å². The first-order valence-electron chi connectivity index (χ1n) is 3.02. The maximum absolute atomic E-state index is 9.87. The molecular formula is C7H11NO2. The highest BCUT2D eigenvalue weighted by Gasteiger charge is 1.85. The second-order valence-electron chi connectivity index (χ2n) is 1.64. The molecule has 0 spiro atoms. The van der Waals surface area contributed by atoms with Gasteiger partial charge in [0.25, 0.3) is 0 Å². The van der Waals surface area contributed by atoms with E-state index in [1.165, 1.54) is 0 Å². The lowest BCUT2D eigenvalue weighted by atomic mass is 10.4. The highest BCUT2D eigenvalue weighted by molar-refractivity contribution is 5.64. The lowest BCUT2D eigenvalue weighted by Crippen LogP contribution is -2.20. The smallest absolute Gasteiger partial charge is 0.404 e. The number of nitrogens with one attached hydrogen (secondary N) is 1. The average molecular weight is 141 g/mol. The van der Waals surface area contributed by atoms with Crippen LogP contribution in [0.4, 0.5) is 4.79 Å². The predicted octanol–water partition coefficient (Wildman–Crippen LogP) is 1.39. The Morgan fingerprint density at radius 1 is 1.60 bits per heavy atom. The van der Waals surface area contributed by atoms with E-state index in [0.717, 1.165) is 0 Å². The zero-order chi connectivity index (χ0) is 7.82. The summed E-state index contributed by atoms with van der Waals surface area (Å²) in [6, 6.07) is 0. The van der Waals surface area contributed by atoms with Crippen LogP contribution >= 0.6 is 0 Å². The molecule has 0 atom stereocenters. The van der Waals surface area contributed by atoms with E-state index < -0.39 is 6.09 Å². The Hall–Kier alpha value is -1.25. The summed E-state index contributed by atoms with van der Waals surface area (Å²) in [6.07, 6.45) is 6.23. The Morgan fingerprint density at radius 3 is 2.80 bits per heavy atom. The lowest BCUT2D eigenvalue weighted by Gasteiger charge is -1.90. The van der Waals surface area contributed by atoms with Gasteiger partial charge in [-0.05, 0) is 6.92 Å². The highest BCUT2D eigenvalue weighted by atomic mass is 16.4. The van der Waals surface area contributed by atoms with Crippen LogP contribution in [0.3, 0.4) is 0 Å². The quantitative estimate of drug-likeness (QED) is 0.583. The minimum absolute atomic E-state index is 0.361. The normalized spacial score (nSPS) is 10.9. The van der Waals surface area contributed by atoms with Gasteiger partial charge in [0.2, 0.25) is 0 Å². The summed E-state index contributed by atoms with van der Waals surface area (Å²) in [5.74, 6) is 0. The predicted molar refractivity (Wildman–Crippen MR) is 40.0 cm³/mol. The Balaban J connectivity index is 3.27. The second-order valence-corrected chi connectivity index (χ2v) is 1.64. The first-order chi connectivity index (χ1) is 4.77. The first-order valence-corrected chi connectivity index (χ1v) is 3.02. The van der Waals surface area contributed by atoms with Crippen LogP contribution in [-0.4, -0.2) is 17.7 Å². The molecule has 0 bridgehead atoms. The molecule has 3 heteroatoms. The molecule has 0 aliphatic heterocycles. The molecule has 0 unspecified atom stereocenters. The van der Waals surface area contributed by atoms with Crippen molar-refractivity contribution in [3.63, 3.8) is 0 Å². The van der Waals surface area contributed by atoms with E-state index in [9.17, 15) is 4.79 Å². The molecule has 1 amide bonds. The molecule has 0 aromatic rings. The van der Waals surface area contributed by atoms with Gasteiger partial charge >= 0.3 is 6.09 Å². The van der Waals surface area contributed by atoms with E-state index in [4.69, 9.17) is 5.11 Å². The number of carboxylic acid groups (broad SMARTS) is 1. The van der Waals surface area contributed by atoms with Gasteiger partial charge in [-0.25, -0.2) is 4.79 Å². The van der Waals surface area contributed by atoms with Gasteiger partial charge in [0.15, 0.2) is 0 Å². The molecule has 0 saturated carbocycles. The standard InChI is InChI=1S/C7H11NO2/c1-2-3-4-5-6-8-7(9)10/h2-5,8H,6H2,1H3,(H,9,10)/b3-2-,5-4-. The highest BCUT2D eigenvalue weighted by Crippen LogP contribution is 1.74. The van der Waals surface area contributed by atoms with Crippen LogP contribution in [0, 0.1) is 0 Å². The maximum Gasteiger partial charge on any atom is 0.404 e. The monoisotopic (exact) mass is 141 g/mol. The summed E-state index contributed by atoms with van der Waals surface area (Å²) in [7, 11) is 0. The molecule has 0 heterocycles. The SMILES string of the molecule is C/C=C\C=C/CNC(=O)O. The molecule has 0 aliphatic carbocycles. The third-order valence-corrected chi connectivity index (χ3v) is 0.811. The van der Waals surface area contributed by atoms with Crippen molar-refractivity contribution in [1.29, 1.82) is 0 Å². The minimum Gasteiger partial charge on any atom is -0.465 e. The molecule has 0 saturated heterocycles. The Morgan fingerprint density at radius 2 is 2.30 bits per heavy atom. The number of carbonyl (C=O) groups is 1. The van der Waals surface area contributed by atoms with Crippen molar-refractivity contribution < 1.29 is 9.90 Å². The zero-order valence-electron chi connectivity index (χ0n) is 5.87. The van der Waals surface area contributed by atoms with Crippen molar-refractivity contribution in [2.75, 3.05) is 6.54 Å². The molecule has 0 aromatic heterocycles. The number of allylic oxidation sites excluding steroid dienone is 3. The van der Waals surface area contributed by atoms with Gasteiger partial charge in [-0.3, -0.25) is 0 Å². The molecular weight excluding hydrogens is 130 g/mol. The van der Waals surface area contributed by atoms with E-state index in [2.05, 4.69) is 5.32 Å². The molecule has 0 aromatic carbocycles. The van der Waals surface area contributed by atoms with Gasteiger partial charge in [-0.1, -0.05) is 24.3 Å². The van der Waals surface area contributed by atoms with Crippen LogP contribution in [0.25, 0.3) is 0 Å². The summed E-state index contributed by atoms with van der Waals surface area (Å²) < 4.78 is 0. The van der Waals surface area contributed by atoms with Crippen LogP contribution in [0.5, 0.6) is 0 Å². The summed E-state index contributed by atoms with van der Waals surface area (Å²) >= 11 is 0. The summed E-state index contributed by atoms with van der Waals surface area (Å²) in [6.45, 7) is 2.26. The van der Waals surface area contributed by atoms with E-state index in [0.29, 0.717) is 6.54 Å². The summed E-state index contributed by atoms with van der Waals surface area (Å²) in [5.41, 5.74) is 0. The average Bonchev–Trinajstić information content (AvgIpc) is 1.87. The molecule has 0 aliphatic rings. The van der Waals surface area contributed by atoms with Crippen molar-refractivity contribution in [3.8, 4) is 0 Å². The summed E-state index contributed by atoms with van der Waals surface area (Å²) in [5, 5.41) is 10.3. The second kappa shape index (κ2) is 5.88. The first kappa shape index (κ1) is 8.75. The van der Waals surface area contributed by atoms with Crippen molar-refractivity contribution in [1.82, 2.24) is 5.32 Å². The Kier molecular flexibility index (Phi) is 5.14. The number of hydrogen-bond donors (Lipinski definition) is 2. The van der Waals surface area contributed by atoms with Gasteiger partial charge in [0.1, 0.15) is 0 Å². The van der Waals surface area contributed by atoms with Crippen molar-refractivity contribution >= 4 is 6.09 Å². The topological polar surface area (TPSA) is 49.3 Å². The number of rotatable bonds is 3. The van der Waals surface area contributed by atoms with Gasteiger partial charge in [0, 0.05) is 6.54 Å². The fourth-order valence-electron chi connectivity index (χ4n) is 0.404. The Bertz CT molecular complexity index is 150. The van der Waals surface area contributed by atoms with E-state index >= 15 is 0 Å². The van der Waals surface area contributed by atoms with E-state index in [1.807, 2.05) is 19.1 Å². The zero-order valence-corrected chi connectivity index (χ0v) is 5.87. The largest absolute Gasteiger partial charge is 0.465 e. The molecule has 0 fully saturated rings. The molecule has 0 radical (unpaired) electrons. The van der Waals surface area contributed by atoms with Gasteiger partial charge in [0.05, 0.1) is 0 Å². The fraction of sp³-hybridized carbons (Fsp3) is 0.286. The molecule has 10 heavy (non-hydrogen) atoms. The van der Waals surface area contributed by atoms with Crippen molar-refractivity contribution in [3.05, 3.63) is 24.3 Å². The van der Waals surface area contributed by atoms with E-state index in [1.54, 1.807) is 12.2 Å².